The fourth-order valence-corrected chi connectivity index (χ4v) is 4.74. The van der Waals surface area contributed by atoms with Crippen molar-refractivity contribution in [1.29, 1.82) is 0 Å². The molecule has 1 aromatic heterocycles. The molecule has 3 heterocycles. The van der Waals surface area contributed by atoms with E-state index < -0.39 is 29.3 Å². The van der Waals surface area contributed by atoms with E-state index in [4.69, 9.17) is 0 Å². The Hall–Kier alpha value is -2.88. The molecule has 6 nitrogen and oxygen atoms in total. The lowest BCUT2D eigenvalue weighted by Gasteiger charge is -2.45. The first-order valence-corrected chi connectivity index (χ1v) is 11.1. The van der Waals surface area contributed by atoms with E-state index in [1.807, 2.05) is 11.0 Å². The summed E-state index contributed by atoms with van der Waals surface area (Å²) >= 11 is 0. The van der Waals surface area contributed by atoms with Crippen LogP contribution in [0.2, 0.25) is 0 Å². The van der Waals surface area contributed by atoms with Gasteiger partial charge in [0, 0.05) is 63.7 Å². The molecule has 1 N–H and O–H groups in total. The smallest absolute Gasteiger partial charge is 0.269 e. The zero-order chi connectivity index (χ0) is 23.3. The quantitative estimate of drug-likeness (QED) is 0.557. The zero-order valence-corrected chi connectivity index (χ0v) is 18.3. The largest absolute Gasteiger partial charge is 0.365 e. The fraction of sp³-hybridized carbons (Fsp3) is 0.478. The second kappa shape index (κ2) is 8.16. The molecular formula is C23H25F4N5O. The van der Waals surface area contributed by atoms with Crippen LogP contribution in [-0.4, -0.2) is 69.4 Å². The lowest BCUT2D eigenvalue weighted by Crippen LogP contribution is -2.52. The molecule has 176 valence electrons. The van der Waals surface area contributed by atoms with Crippen LogP contribution in [-0.2, 0) is 6.54 Å². The maximum atomic E-state index is 15.1. The molecule has 1 saturated carbocycles. The number of alkyl halides is 2. The monoisotopic (exact) mass is 463 g/mol. The minimum Gasteiger partial charge on any atom is -0.365 e. The van der Waals surface area contributed by atoms with Gasteiger partial charge in [0.1, 0.15) is 11.2 Å². The highest BCUT2D eigenvalue weighted by Gasteiger charge is 2.49. The summed E-state index contributed by atoms with van der Waals surface area (Å²) < 4.78 is 56.6. The van der Waals surface area contributed by atoms with Crippen LogP contribution >= 0.6 is 0 Å². The predicted molar refractivity (Wildman–Crippen MR) is 116 cm³/mol. The third-order valence-corrected chi connectivity index (χ3v) is 6.71. The number of piperazine rings is 1. The van der Waals surface area contributed by atoms with Gasteiger partial charge in [0.05, 0.1) is 11.2 Å². The van der Waals surface area contributed by atoms with Gasteiger partial charge in [-0.3, -0.25) is 9.69 Å². The molecule has 3 aliphatic rings. The lowest BCUT2D eigenvalue weighted by molar-refractivity contribution is -0.120. The van der Waals surface area contributed by atoms with Gasteiger partial charge >= 0.3 is 0 Å². The van der Waals surface area contributed by atoms with E-state index in [1.165, 1.54) is 4.90 Å². The number of nitrogens with zero attached hydrogens (tertiary/aromatic N) is 4. The second-order valence-corrected chi connectivity index (χ2v) is 9.00. The summed E-state index contributed by atoms with van der Waals surface area (Å²) in [5.74, 6) is -3.63. The highest BCUT2D eigenvalue weighted by atomic mass is 19.3. The number of nitrogens with one attached hydrogen (secondary N) is 1. The number of benzene rings is 1. The minimum absolute atomic E-state index is 0.1000. The lowest BCUT2D eigenvalue weighted by atomic mass is 9.86. The van der Waals surface area contributed by atoms with Crippen LogP contribution in [0, 0.1) is 12.7 Å². The normalized spacial score (nSPS) is 21.7. The van der Waals surface area contributed by atoms with Crippen LogP contribution in [0.4, 0.5) is 17.6 Å². The number of allylic oxidation sites excluding steroid dienone is 1. The molecule has 2 aromatic rings. The molecule has 0 bridgehead atoms. The minimum atomic E-state index is -2.70. The summed E-state index contributed by atoms with van der Waals surface area (Å²) in [6.45, 7) is 4.48. The van der Waals surface area contributed by atoms with Crippen LogP contribution < -0.4 is 5.56 Å². The Kier molecular flexibility index (Phi) is 5.43. The SMILES string of the molecule is Cc1nc2ccc(CN3CCN(C4=C(F)N(C5CC(F)(F)C5)CC=C4)CC3)c(F)c2[nH]c1=O. The van der Waals surface area contributed by atoms with Crippen LogP contribution in [0.5, 0.6) is 0 Å². The molecule has 0 atom stereocenters. The Morgan fingerprint density at radius 3 is 2.58 bits per heavy atom. The van der Waals surface area contributed by atoms with Gasteiger partial charge in [0.25, 0.3) is 11.5 Å². The average molecular weight is 463 g/mol. The van der Waals surface area contributed by atoms with Crippen molar-refractivity contribution in [3.05, 3.63) is 63.4 Å². The predicted octanol–water partition coefficient (Wildman–Crippen LogP) is 3.30. The van der Waals surface area contributed by atoms with Crippen LogP contribution in [0.1, 0.15) is 24.1 Å². The first-order chi connectivity index (χ1) is 15.7. The van der Waals surface area contributed by atoms with E-state index in [0.29, 0.717) is 56.0 Å². The van der Waals surface area contributed by atoms with Crippen molar-refractivity contribution in [1.82, 2.24) is 24.7 Å². The van der Waals surface area contributed by atoms with E-state index in [1.54, 1.807) is 25.1 Å². The topological polar surface area (TPSA) is 55.5 Å². The average Bonchev–Trinajstić information content (AvgIpc) is 2.76. The number of hydrogen-bond donors (Lipinski definition) is 1. The third-order valence-electron chi connectivity index (χ3n) is 6.71. The maximum absolute atomic E-state index is 15.1. The Bertz CT molecular complexity index is 1190. The summed E-state index contributed by atoms with van der Waals surface area (Å²) in [5.41, 5.74) is 1.25. The van der Waals surface area contributed by atoms with E-state index >= 15 is 4.39 Å². The molecule has 33 heavy (non-hydrogen) atoms. The number of aryl methyl sites for hydroxylation is 1. The molecule has 0 amide bonds. The zero-order valence-electron chi connectivity index (χ0n) is 18.3. The van der Waals surface area contributed by atoms with Crippen LogP contribution in [0.3, 0.4) is 0 Å². The molecule has 1 aliphatic carbocycles. The standard InChI is InChI=1S/C23H25F4N5O/c1-14-22(33)29-20-17(28-14)5-4-15(19(20)24)13-30-7-9-31(10-8-30)18-3-2-6-32(21(18)25)16-11-23(26,27)12-16/h2-5,16H,6-13H2,1H3,(H,29,33). The summed E-state index contributed by atoms with van der Waals surface area (Å²) in [7, 11) is 0. The Morgan fingerprint density at radius 1 is 1.15 bits per heavy atom. The highest BCUT2D eigenvalue weighted by molar-refractivity contribution is 5.75. The number of rotatable bonds is 4. The third kappa shape index (κ3) is 4.12. The number of H-pyrrole nitrogens is 1. The van der Waals surface area contributed by atoms with Gasteiger partial charge in [-0.25, -0.2) is 18.2 Å². The number of hydrogen-bond acceptors (Lipinski definition) is 5. The number of aromatic nitrogens is 2. The van der Waals surface area contributed by atoms with Gasteiger partial charge in [0.2, 0.25) is 5.95 Å². The molecule has 0 unspecified atom stereocenters. The fourth-order valence-electron chi connectivity index (χ4n) is 4.74. The van der Waals surface area contributed by atoms with Gasteiger partial charge in [-0.2, -0.15) is 4.39 Å². The second-order valence-electron chi connectivity index (χ2n) is 9.00. The first-order valence-electron chi connectivity index (χ1n) is 11.1. The first kappa shape index (κ1) is 21.9. The summed E-state index contributed by atoms with van der Waals surface area (Å²) in [6.07, 6.45) is 2.90. The van der Waals surface area contributed by atoms with E-state index in [9.17, 15) is 18.0 Å². The Balaban J connectivity index is 1.25. The van der Waals surface area contributed by atoms with Crippen molar-refractivity contribution in [2.45, 2.75) is 38.3 Å². The van der Waals surface area contributed by atoms with Gasteiger partial charge in [-0.1, -0.05) is 12.1 Å². The highest BCUT2D eigenvalue weighted by Crippen LogP contribution is 2.43. The summed E-state index contributed by atoms with van der Waals surface area (Å²) in [5, 5.41) is 0. The summed E-state index contributed by atoms with van der Waals surface area (Å²) in [6, 6.07) is 2.90. The number of fused-ring (bicyclic) bond motifs is 1. The Morgan fingerprint density at radius 2 is 1.88 bits per heavy atom. The molecule has 5 rings (SSSR count). The molecule has 1 aromatic carbocycles. The van der Waals surface area contributed by atoms with E-state index in [2.05, 4.69) is 14.9 Å². The molecule has 1 saturated heterocycles. The van der Waals surface area contributed by atoms with Gasteiger partial charge in [-0.15, -0.1) is 0 Å². The molecule has 0 spiro atoms. The molecular weight excluding hydrogens is 438 g/mol. The van der Waals surface area contributed by atoms with Crippen LogP contribution in [0.15, 0.2) is 40.7 Å². The molecule has 2 aliphatic heterocycles. The van der Waals surface area contributed by atoms with Gasteiger partial charge in [0.15, 0.2) is 5.82 Å². The summed E-state index contributed by atoms with van der Waals surface area (Å²) in [4.78, 5) is 23.9. The van der Waals surface area contributed by atoms with Crippen molar-refractivity contribution >= 4 is 11.0 Å². The molecule has 10 heteroatoms. The number of aromatic amines is 1. The molecule has 2 fully saturated rings. The molecule has 0 radical (unpaired) electrons. The van der Waals surface area contributed by atoms with Crippen molar-refractivity contribution < 1.29 is 17.6 Å². The van der Waals surface area contributed by atoms with E-state index in [0.717, 1.165) is 0 Å². The van der Waals surface area contributed by atoms with Crippen molar-refractivity contribution in [3.8, 4) is 0 Å². The van der Waals surface area contributed by atoms with Crippen molar-refractivity contribution in [2.75, 3.05) is 32.7 Å². The Labute approximate surface area is 188 Å². The van der Waals surface area contributed by atoms with Gasteiger partial charge < -0.3 is 14.8 Å². The van der Waals surface area contributed by atoms with E-state index in [-0.39, 0.29) is 24.1 Å². The van der Waals surface area contributed by atoms with Crippen molar-refractivity contribution in [2.24, 2.45) is 0 Å². The van der Waals surface area contributed by atoms with Gasteiger partial charge in [-0.05, 0) is 19.1 Å². The number of halogens is 4. The van der Waals surface area contributed by atoms with Crippen molar-refractivity contribution in [3.63, 3.8) is 0 Å². The maximum Gasteiger partial charge on any atom is 0.269 e. The van der Waals surface area contributed by atoms with Crippen LogP contribution in [0.25, 0.3) is 11.0 Å².